The zero-order valence-electron chi connectivity index (χ0n) is 10.7. The zero-order chi connectivity index (χ0) is 13.9. The molecule has 0 aliphatic heterocycles. The molecule has 3 aromatic heterocycles. The molecule has 0 N–H and O–H groups in total. The van der Waals surface area contributed by atoms with Crippen molar-refractivity contribution in [3.63, 3.8) is 0 Å². The van der Waals surface area contributed by atoms with E-state index in [9.17, 15) is 5.26 Å². The first kappa shape index (κ1) is 12.9. The van der Waals surface area contributed by atoms with Gasteiger partial charge in [0.25, 0.3) is 0 Å². The van der Waals surface area contributed by atoms with Crippen LogP contribution in [0.2, 0.25) is 0 Å². The van der Waals surface area contributed by atoms with Crippen LogP contribution in [0.5, 0.6) is 5.88 Å². The molecule has 0 spiro atoms. The van der Waals surface area contributed by atoms with E-state index in [0.717, 1.165) is 21.0 Å². The van der Waals surface area contributed by atoms with Gasteiger partial charge in [0, 0.05) is 10.4 Å². The smallest absolute Gasteiger partial charge is 0.232 e. The van der Waals surface area contributed by atoms with Crippen molar-refractivity contribution in [2.24, 2.45) is 0 Å². The van der Waals surface area contributed by atoms with Crippen LogP contribution in [0.4, 0.5) is 0 Å². The summed E-state index contributed by atoms with van der Waals surface area (Å²) in [6.07, 6.45) is 0. The fourth-order valence-corrected chi connectivity index (χ4v) is 3.39. The van der Waals surface area contributed by atoms with Crippen molar-refractivity contribution < 1.29 is 4.74 Å². The third kappa shape index (κ3) is 2.20. The summed E-state index contributed by atoms with van der Waals surface area (Å²) in [4.78, 5) is 6.55. The number of rotatable bonds is 3. The Morgan fingerprint density at radius 2 is 1.85 bits per heavy atom. The number of ether oxygens (including phenoxy) is 1. The fourth-order valence-electron chi connectivity index (χ4n) is 1.95. The van der Waals surface area contributed by atoms with Crippen molar-refractivity contribution >= 4 is 22.7 Å². The molecule has 0 radical (unpaired) electrons. The van der Waals surface area contributed by atoms with E-state index in [2.05, 4.69) is 11.1 Å². The van der Waals surface area contributed by atoms with Gasteiger partial charge in [0.05, 0.1) is 17.7 Å². The standard InChI is InChI=1S/C15H10N2OS2/c1-18-15-11(9-16)10(13-4-2-6-19-13)8-12(17-15)14-5-3-7-20-14/h2-8H,1H3. The van der Waals surface area contributed by atoms with Gasteiger partial charge < -0.3 is 4.74 Å². The minimum Gasteiger partial charge on any atom is -0.480 e. The number of hydrogen-bond acceptors (Lipinski definition) is 5. The maximum absolute atomic E-state index is 9.39. The maximum Gasteiger partial charge on any atom is 0.232 e. The number of pyridine rings is 1. The Labute approximate surface area is 124 Å². The Morgan fingerprint density at radius 3 is 2.40 bits per heavy atom. The number of nitriles is 1. The lowest BCUT2D eigenvalue weighted by Gasteiger charge is -2.09. The first-order valence-electron chi connectivity index (χ1n) is 5.90. The summed E-state index contributed by atoms with van der Waals surface area (Å²) in [5.74, 6) is 0.377. The minimum absolute atomic E-state index is 0.377. The van der Waals surface area contributed by atoms with Gasteiger partial charge >= 0.3 is 0 Å². The molecule has 0 aromatic carbocycles. The molecule has 3 aromatic rings. The molecule has 0 saturated carbocycles. The fraction of sp³-hybridized carbons (Fsp3) is 0.0667. The van der Waals surface area contributed by atoms with Crippen molar-refractivity contribution in [1.29, 1.82) is 5.26 Å². The lowest BCUT2D eigenvalue weighted by atomic mass is 10.1. The van der Waals surface area contributed by atoms with Crippen LogP contribution in [0.1, 0.15) is 5.56 Å². The molecule has 3 nitrogen and oxygen atoms in total. The Kier molecular flexibility index (Phi) is 3.50. The molecule has 0 aliphatic rings. The van der Waals surface area contributed by atoms with Crippen molar-refractivity contribution in [3.05, 3.63) is 46.7 Å². The second-order valence-electron chi connectivity index (χ2n) is 4.01. The van der Waals surface area contributed by atoms with Crippen LogP contribution < -0.4 is 4.74 Å². The molecule has 5 heteroatoms. The van der Waals surface area contributed by atoms with E-state index in [0.29, 0.717) is 11.4 Å². The monoisotopic (exact) mass is 298 g/mol. The Bertz CT molecular complexity index is 756. The quantitative estimate of drug-likeness (QED) is 0.719. The molecule has 0 aliphatic carbocycles. The van der Waals surface area contributed by atoms with Crippen LogP contribution >= 0.6 is 22.7 Å². The molecule has 0 atom stereocenters. The molecular weight excluding hydrogens is 288 g/mol. The predicted molar refractivity (Wildman–Crippen MR) is 82.1 cm³/mol. The second-order valence-corrected chi connectivity index (χ2v) is 5.90. The van der Waals surface area contributed by atoms with E-state index in [1.807, 2.05) is 41.1 Å². The first-order chi connectivity index (χ1) is 9.83. The van der Waals surface area contributed by atoms with Gasteiger partial charge in [-0.15, -0.1) is 22.7 Å². The van der Waals surface area contributed by atoms with Gasteiger partial charge in [-0.25, -0.2) is 4.98 Å². The number of thiophene rings is 2. The molecule has 3 heterocycles. The van der Waals surface area contributed by atoms with Crippen LogP contribution in [0.3, 0.4) is 0 Å². The van der Waals surface area contributed by atoms with Gasteiger partial charge in [0.15, 0.2) is 0 Å². The summed E-state index contributed by atoms with van der Waals surface area (Å²) in [7, 11) is 1.54. The van der Waals surface area contributed by atoms with E-state index in [4.69, 9.17) is 4.74 Å². The molecule has 98 valence electrons. The highest BCUT2D eigenvalue weighted by Gasteiger charge is 2.16. The summed E-state index contributed by atoms with van der Waals surface area (Å²) in [5.41, 5.74) is 2.19. The molecule has 0 bridgehead atoms. The van der Waals surface area contributed by atoms with Crippen LogP contribution in [0.25, 0.3) is 21.0 Å². The van der Waals surface area contributed by atoms with Crippen LogP contribution in [0, 0.1) is 11.3 Å². The van der Waals surface area contributed by atoms with Gasteiger partial charge in [0.2, 0.25) is 5.88 Å². The van der Waals surface area contributed by atoms with Crippen molar-refractivity contribution in [2.75, 3.05) is 7.11 Å². The molecule has 0 amide bonds. The maximum atomic E-state index is 9.39. The first-order valence-corrected chi connectivity index (χ1v) is 7.66. The number of nitrogens with zero attached hydrogens (tertiary/aromatic N) is 2. The Morgan fingerprint density at radius 1 is 1.15 bits per heavy atom. The van der Waals surface area contributed by atoms with Crippen LogP contribution in [-0.2, 0) is 0 Å². The van der Waals surface area contributed by atoms with Gasteiger partial charge in [-0.3, -0.25) is 0 Å². The van der Waals surface area contributed by atoms with E-state index in [-0.39, 0.29) is 0 Å². The molecule has 3 rings (SSSR count). The van der Waals surface area contributed by atoms with Gasteiger partial charge in [-0.1, -0.05) is 12.1 Å². The summed E-state index contributed by atoms with van der Waals surface area (Å²) in [6, 6.07) is 12.1. The Balaban J connectivity index is 2.26. The third-order valence-electron chi connectivity index (χ3n) is 2.85. The highest BCUT2D eigenvalue weighted by molar-refractivity contribution is 7.14. The molecule has 0 fully saturated rings. The predicted octanol–water partition coefficient (Wildman–Crippen LogP) is 4.42. The van der Waals surface area contributed by atoms with Gasteiger partial charge in [-0.05, 0) is 29.0 Å². The van der Waals surface area contributed by atoms with Crippen molar-refractivity contribution in [3.8, 4) is 33.0 Å². The third-order valence-corrected chi connectivity index (χ3v) is 4.65. The highest BCUT2D eigenvalue weighted by Crippen LogP contribution is 2.36. The summed E-state index contributed by atoms with van der Waals surface area (Å²) in [6.45, 7) is 0. The van der Waals surface area contributed by atoms with E-state index in [1.54, 1.807) is 29.8 Å². The normalized spacial score (nSPS) is 10.2. The van der Waals surface area contributed by atoms with Crippen LogP contribution in [-0.4, -0.2) is 12.1 Å². The average molecular weight is 298 g/mol. The lowest BCUT2D eigenvalue weighted by Crippen LogP contribution is -1.96. The van der Waals surface area contributed by atoms with E-state index >= 15 is 0 Å². The number of aromatic nitrogens is 1. The van der Waals surface area contributed by atoms with Crippen LogP contribution in [0.15, 0.2) is 41.1 Å². The lowest BCUT2D eigenvalue weighted by molar-refractivity contribution is 0.397. The molecule has 20 heavy (non-hydrogen) atoms. The summed E-state index contributed by atoms with van der Waals surface area (Å²) in [5, 5.41) is 13.4. The Hall–Kier alpha value is -2.16. The van der Waals surface area contributed by atoms with Gasteiger partial charge in [0.1, 0.15) is 11.6 Å². The summed E-state index contributed by atoms with van der Waals surface area (Å²) < 4.78 is 5.29. The van der Waals surface area contributed by atoms with E-state index in [1.165, 1.54) is 0 Å². The number of methoxy groups -OCH3 is 1. The zero-order valence-corrected chi connectivity index (χ0v) is 12.3. The van der Waals surface area contributed by atoms with Gasteiger partial charge in [-0.2, -0.15) is 5.26 Å². The molecular formula is C15H10N2OS2. The number of hydrogen-bond donors (Lipinski definition) is 0. The molecule has 0 unspecified atom stereocenters. The van der Waals surface area contributed by atoms with Crippen molar-refractivity contribution in [2.45, 2.75) is 0 Å². The summed E-state index contributed by atoms with van der Waals surface area (Å²) >= 11 is 3.22. The van der Waals surface area contributed by atoms with Crippen molar-refractivity contribution in [1.82, 2.24) is 4.98 Å². The largest absolute Gasteiger partial charge is 0.480 e. The average Bonchev–Trinajstić information content (AvgIpc) is 3.18. The van der Waals surface area contributed by atoms with E-state index < -0.39 is 0 Å². The second kappa shape index (κ2) is 5.45. The molecule has 0 saturated heterocycles. The minimum atomic E-state index is 0.377. The highest BCUT2D eigenvalue weighted by atomic mass is 32.1. The SMILES string of the molecule is COc1nc(-c2cccs2)cc(-c2cccs2)c1C#N. The topological polar surface area (TPSA) is 45.9 Å².